The van der Waals surface area contributed by atoms with E-state index < -0.39 is 0 Å². The molecule has 0 radical (unpaired) electrons. The molecule has 0 rings (SSSR count). The molecule has 0 fully saturated rings. The van der Waals surface area contributed by atoms with Gasteiger partial charge in [0.15, 0.2) is 0 Å². The lowest BCUT2D eigenvalue weighted by Crippen LogP contribution is -2.12. The summed E-state index contributed by atoms with van der Waals surface area (Å²) in [6.45, 7) is 5.65. The van der Waals surface area contributed by atoms with E-state index in [4.69, 9.17) is 15.7 Å². The smallest absolute Gasteiger partial charge is 0.139 e. The lowest BCUT2D eigenvalue weighted by molar-refractivity contribution is 0.109. The van der Waals surface area contributed by atoms with E-state index in [9.17, 15) is 0 Å². The molecule has 3 N–H and O–H groups in total. The minimum Gasteiger partial charge on any atom is -0.409 e. The van der Waals surface area contributed by atoms with E-state index in [2.05, 4.69) is 19.0 Å². The fourth-order valence-corrected chi connectivity index (χ4v) is 0.724. The van der Waals surface area contributed by atoms with Crippen molar-refractivity contribution < 1.29 is 9.94 Å². The molecule has 0 aliphatic carbocycles. The van der Waals surface area contributed by atoms with Crippen molar-refractivity contribution in [3.05, 3.63) is 0 Å². The fraction of sp³-hybridized carbons (Fsp3) is 0.875. The normalized spacial score (nSPS) is 12.4. The van der Waals surface area contributed by atoms with Crippen LogP contribution in [0.15, 0.2) is 5.16 Å². The summed E-state index contributed by atoms with van der Waals surface area (Å²) in [6.07, 6.45) is 1.40. The molecule has 0 saturated carbocycles. The minimum absolute atomic E-state index is 0.267. The maximum atomic E-state index is 8.20. The van der Waals surface area contributed by atoms with E-state index in [1.807, 2.05) is 0 Å². The fourth-order valence-electron chi connectivity index (χ4n) is 0.724. The van der Waals surface area contributed by atoms with Crippen LogP contribution in [0.2, 0.25) is 0 Å². The van der Waals surface area contributed by atoms with E-state index >= 15 is 0 Å². The van der Waals surface area contributed by atoms with Crippen molar-refractivity contribution in [1.29, 1.82) is 0 Å². The molecular weight excluding hydrogens is 156 g/mol. The number of nitrogens with zero attached hydrogens (tertiary/aromatic N) is 1. The number of rotatable bonds is 6. The highest BCUT2D eigenvalue weighted by molar-refractivity contribution is 5.79. The van der Waals surface area contributed by atoms with Crippen LogP contribution in [-0.4, -0.2) is 24.3 Å². The van der Waals surface area contributed by atoms with E-state index in [-0.39, 0.29) is 5.84 Å². The van der Waals surface area contributed by atoms with Crippen LogP contribution < -0.4 is 5.73 Å². The van der Waals surface area contributed by atoms with Crippen LogP contribution in [0.4, 0.5) is 0 Å². The molecule has 0 aromatic rings. The van der Waals surface area contributed by atoms with Gasteiger partial charge in [-0.1, -0.05) is 19.0 Å². The predicted molar refractivity (Wildman–Crippen MR) is 48.3 cm³/mol. The number of hydrogen-bond donors (Lipinski definition) is 2. The molecule has 0 aliphatic rings. The predicted octanol–water partition coefficient (Wildman–Crippen LogP) is 1.19. The van der Waals surface area contributed by atoms with Crippen molar-refractivity contribution >= 4 is 5.84 Å². The molecule has 0 spiro atoms. The molecule has 4 heteroatoms. The summed E-state index contributed by atoms with van der Waals surface area (Å²) in [5.74, 6) is 0.831. The van der Waals surface area contributed by atoms with Crippen molar-refractivity contribution in [3.63, 3.8) is 0 Å². The Morgan fingerprint density at radius 2 is 2.25 bits per heavy atom. The van der Waals surface area contributed by atoms with Crippen LogP contribution in [0.1, 0.15) is 26.7 Å². The van der Waals surface area contributed by atoms with Crippen LogP contribution in [0.25, 0.3) is 0 Å². The van der Waals surface area contributed by atoms with Gasteiger partial charge in [-0.15, -0.1) is 0 Å². The Bertz CT molecular complexity index is 135. The van der Waals surface area contributed by atoms with Crippen LogP contribution in [0, 0.1) is 5.92 Å². The largest absolute Gasteiger partial charge is 0.409 e. The molecule has 0 amide bonds. The Balaban J connectivity index is 3.11. The Morgan fingerprint density at radius 1 is 1.58 bits per heavy atom. The molecule has 0 atom stereocenters. The lowest BCUT2D eigenvalue weighted by atomic mass is 10.2. The summed E-state index contributed by atoms with van der Waals surface area (Å²) < 4.78 is 5.30. The Morgan fingerprint density at radius 3 is 2.75 bits per heavy atom. The van der Waals surface area contributed by atoms with E-state index in [0.29, 0.717) is 18.9 Å². The van der Waals surface area contributed by atoms with E-state index in [1.54, 1.807) is 0 Å². The first kappa shape index (κ1) is 11.2. The number of nitrogens with two attached hydrogens (primary N) is 1. The van der Waals surface area contributed by atoms with Gasteiger partial charge >= 0.3 is 0 Å². The number of ether oxygens (including phenoxy) is 1. The van der Waals surface area contributed by atoms with Gasteiger partial charge in [-0.3, -0.25) is 0 Å². The van der Waals surface area contributed by atoms with Gasteiger partial charge in [0.1, 0.15) is 5.84 Å². The van der Waals surface area contributed by atoms with Crippen LogP contribution in [0.5, 0.6) is 0 Å². The summed E-state index contributed by atoms with van der Waals surface area (Å²) in [4.78, 5) is 0. The van der Waals surface area contributed by atoms with Gasteiger partial charge in [0.05, 0.1) is 0 Å². The molecule has 0 aliphatic heterocycles. The summed E-state index contributed by atoms with van der Waals surface area (Å²) in [5, 5.41) is 11.1. The maximum absolute atomic E-state index is 8.20. The second-order valence-corrected chi connectivity index (χ2v) is 3.16. The van der Waals surface area contributed by atoms with Crippen molar-refractivity contribution in [2.45, 2.75) is 26.7 Å². The second-order valence-electron chi connectivity index (χ2n) is 3.16. The van der Waals surface area contributed by atoms with Gasteiger partial charge < -0.3 is 15.7 Å². The van der Waals surface area contributed by atoms with E-state index in [0.717, 1.165) is 13.0 Å². The van der Waals surface area contributed by atoms with Crippen LogP contribution in [-0.2, 0) is 4.74 Å². The highest BCUT2D eigenvalue weighted by Gasteiger charge is 1.95. The average Bonchev–Trinajstić information content (AvgIpc) is 2.03. The SMILES string of the molecule is CC(C)COCCC/C(N)=N/O. The zero-order chi connectivity index (χ0) is 9.40. The second kappa shape index (κ2) is 6.91. The molecular formula is C8H18N2O2. The van der Waals surface area contributed by atoms with Crippen molar-refractivity contribution in [1.82, 2.24) is 0 Å². The molecule has 4 nitrogen and oxygen atoms in total. The van der Waals surface area contributed by atoms with Gasteiger partial charge in [0.25, 0.3) is 0 Å². The Hall–Kier alpha value is -0.770. The van der Waals surface area contributed by atoms with Crippen LogP contribution in [0.3, 0.4) is 0 Å². The van der Waals surface area contributed by atoms with Gasteiger partial charge in [-0.05, 0) is 12.3 Å². The third-order valence-electron chi connectivity index (χ3n) is 1.30. The number of amidine groups is 1. The molecule has 0 saturated heterocycles. The summed E-state index contributed by atoms with van der Waals surface area (Å²) in [5.41, 5.74) is 5.26. The molecule has 0 unspecified atom stereocenters. The Labute approximate surface area is 73.4 Å². The quantitative estimate of drug-likeness (QED) is 0.209. The maximum Gasteiger partial charge on any atom is 0.139 e. The summed E-state index contributed by atoms with van der Waals surface area (Å²) in [6, 6.07) is 0. The lowest BCUT2D eigenvalue weighted by Gasteiger charge is -2.05. The molecule has 0 heterocycles. The van der Waals surface area contributed by atoms with Gasteiger partial charge in [0, 0.05) is 19.6 Å². The third-order valence-corrected chi connectivity index (χ3v) is 1.30. The number of hydrogen-bond acceptors (Lipinski definition) is 3. The molecule has 0 bridgehead atoms. The average molecular weight is 174 g/mol. The summed E-state index contributed by atoms with van der Waals surface area (Å²) >= 11 is 0. The monoisotopic (exact) mass is 174 g/mol. The number of oxime groups is 1. The van der Waals surface area contributed by atoms with Crippen molar-refractivity contribution in [2.24, 2.45) is 16.8 Å². The van der Waals surface area contributed by atoms with E-state index in [1.165, 1.54) is 0 Å². The van der Waals surface area contributed by atoms with Crippen LogP contribution >= 0.6 is 0 Å². The first-order valence-electron chi connectivity index (χ1n) is 4.21. The van der Waals surface area contributed by atoms with Crippen molar-refractivity contribution in [3.8, 4) is 0 Å². The van der Waals surface area contributed by atoms with Crippen molar-refractivity contribution in [2.75, 3.05) is 13.2 Å². The Kier molecular flexibility index (Phi) is 6.47. The topological polar surface area (TPSA) is 67.8 Å². The van der Waals surface area contributed by atoms with Gasteiger partial charge in [-0.2, -0.15) is 0 Å². The minimum atomic E-state index is 0.267. The standard InChI is InChI=1S/C8H18N2O2/c1-7(2)6-12-5-3-4-8(9)10-11/h7,11H,3-6H2,1-2H3,(H2,9,10). The molecule has 72 valence electrons. The highest BCUT2D eigenvalue weighted by Crippen LogP contribution is 1.95. The molecule has 0 aromatic carbocycles. The first-order chi connectivity index (χ1) is 5.66. The zero-order valence-corrected chi connectivity index (χ0v) is 7.79. The molecule has 12 heavy (non-hydrogen) atoms. The van der Waals surface area contributed by atoms with Gasteiger partial charge in [0.2, 0.25) is 0 Å². The zero-order valence-electron chi connectivity index (χ0n) is 7.79. The third kappa shape index (κ3) is 7.34. The first-order valence-corrected chi connectivity index (χ1v) is 4.21. The summed E-state index contributed by atoms with van der Waals surface area (Å²) in [7, 11) is 0. The molecule has 0 aromatic heterocycles. The van der Waals surface area contributed by atoms with Gasteiger partial charge in [-0.25, -0.2) is 0 Å². The highest BCUT2D eigenvalue weighted by atomic mass is 16.5.